The van der Waals surface area contributed by atoms with E-state index in [0.717, 1.165) is 28.0 Å². The van der Waals surface area contributed by atoms with E-state index < -0.39 is 0 Å². The number of nitrogens with one attached hydrogen (secondary N) is 1. The fourth-order valence-corrected chi connectivity index (χ4v) is 3.43. The number of amides is 1. The molecule has 31 heavy (non-hydrogen) atoms. The quantitative estimate of drug-likeness (QED) is 0.424. The van der Waals surface area contributed by atoms with Gasteiger partial charge in [0.1, 0.15) is 0 Å². The summed E-state index contributed by atoms with van der Waals surface area (Å²) < 4.78 is 0. The lowest BCUT2D eigenvalue weighted by Crippen LogP contribution is -2.12. The number of carbonyl (C=O) groups excluding carboxylic acids is 1. The van der Waals surface area contributed by atoms with E-state index in [0.29, 0.717) is 16.8 Å². The number of fused-ring (bicyclic) bond motifs is 1. The second-order valence-corrected chi connectivity index (χ2v) is 7.05. The smallest absolute Gasteiger partial charge is 0.255 e. The van der Waals surface area contributed by atoms with Crippen molar-refractivity contribution in [3.8, 4) is 22.5 Å². The molecule has 0 aliphatic carbocycles. The van der Waals surface area contributed by atoms with E-state index in [2.05, 4.69) is 10.3 Å². The Morgan fingerprint density at radius 1 is 0.645 bits per heavy atom. The van der Waals surface area contributed by atoms with Crippen LogP contribution < -0.4 is 5.32 Å². The second-order valence-electron chi connectivity index (χ2n) is 7.05. The summed E-state index contributed by atoms with van der Waals surface area (Å²) in [6.45, 7) is 0. The van der Waals surface area contributed by atoms with Crippen molar-refractivity contribution < 1.29 is 4.79 Å². The van der Waals surface area contributed by atoms with Gasteiger partial charge in [-0.15, -0.1) is 0 Å². The Morgan fingerprint density at radius 3 is 1.84 bits per heavy atom. The fourth-order valence-electron chi connectivity index (χ4n) is 3.43. The molecule has 0 aliphatic rings. The van der Waals surface area contributed by atoms with Crippen molar-refractivity contribution in [2.24, 2.45) is 0 Å². The number of rotatable bonds is 4. The Labute approximate surface area is 179 Å². The number of benzene rings is 3. The van der Waals surface area contributed by atoms with E-state index in [1.807, 2.05) is 66.7 Å². The lowest BCUT2D eigenvalue weighted by molar-refractivity contribution is 0.102. The zero-order valence-electron chi connectivity index (χ0n) is 16.6. The largest absolute Gasteiger partial charge is 0.322 e. The van der Waals surface area contributed by atoms with Gasteiger partial charge in [-0.05, 0) is 30.3 Å². The number of anilines is 1. The average Bonchev–Trinajstić information content (AvgIpc) is 2.84. The number of aromatic nitrogens is 3. The van der Waals surface area contributed by atoms with Gasteiger partial charge in [-0.25, -0.2) is 9.97 Å². The number of carbonyl (C=O) groups is 1. The normalized spacial score (nSPS) is 10.7. The Hall–Kier alpha value is -4.38. The maximum Gasteiger partial charge on any atom is 0.255 e. The predicted octanol–water partition coefficient (Wildman–Crippen LogP) is 5.61. The first-order valence-corrected chi connectivity index (χ1v) is 9.92. The Kier molecular flexibility index (Phi) is 4.91. The highest BCUT2D eigenvalue weighted by Crippen LogP contribution is 2.31. The Balaban J connectivity index is 1.61. The summed E-state index contributed by atoms with van der Waals surface area (Å²) in [5, 5.41) is 2.88. The van der Waals surface area contributed by atoms with Gasteiger partial charge in [0, 0.05) is 34.8 Å². The summed E-state index contributed by atoms with van der Waals surface area (Å²) >= 11 is 0. The zero-order valence-corrected chi connectivity index (χ0v) is 16.6. The molecule has 2 aromatic heterocycles. The van der Waals surface area contributed by atoms with Crippen molar-refractivity contribution in [2.75, 3.05) is 5.32 Å². The number of nitrogens with zero attached hydrogens (tertiary/aromatic N) is 3. The van der Waals surface area contributed by atoms with Gasteiger partial charge in [0.05, 0.1) is 22.4 Å². The molecule has 0 bridgehead atoms. The van der Waals surface area contributed by atoms with Crippen molar-refractivity contribution in [3.05, 3.63) is 109 Å². The van der Waals surface area contributed by atoms with Crippen molar-refractivity contribution in [2.45, 2.75) is 0 Å². The molecular weight excluding hydrogens is 384 g/mol. The molecule has 5 aromatic rings. The summed E-state index contributed by atoms with van der Waals surface area (Å²) in [5.41, 5.74) is 6.18. The fraction of sp³-hybridized carbons (Fsp3) is 0. The number of hydrogen-bond acceptors (Lipinski definition) is 4. The standard InChI is InChI=1S/C26H18N4O/c31-26(28-21-13-15-27-16-14-21)20-11-12-22-23(17-20)30-25(19-9-5-2-6-10-19)24(29-22)18-7-3-1-4-8-18/h1-17H,(H,27,28,31). The maximum absolute atomic E-state index is 12.7. The minimum absolute atomic E-state index is 0.205. The van der Waals surface area contributed by atoms with Crippen molar-refractivity contribution >= 4 is 22.6 Å². The molecule has 1 amide bonds. The van der Waals surface area contributed by atoms with Crippen molar-refractivity contribution in [1.29, 1.82) is 0 Å². The van der Waals surface area contributed by atoms with Crippen LogP contribution in [-0.2, 0) is 0 Å². The van der Waals surface area contributed by atoms with Crippen LogP contribution in [0.3, 0.4) is 0 Å². The van der Waals surface area contributed by atoms with E-state index in [-0.39, 0.29) is 5.91 Å². The molecule has 5 rings (SSSR count). The van der Waals surface area contributed by atoms with Crippen LogP contribution in [0, 0.1) is 0 Å². The minimum Gasteiger partial charge on any atom is -0.322 e. The first kappa shape index (κ1) is 18.6. The molecule has 2 heterocycles. The summed E-state index contributed by atoms with van der Waals surface area (Å²) in [5.74, 6) is -0.205. The topological polar surface area (TPSA) is 67.8 Å². The summed E-state index contributed by atoms with van der Waals surface area (Å²) in [4.78, 5) is 26.5. The molecule has 0 saturated heterocycles. The third-order valence-electron chi connectivity index (χ3n) is 4.96. The van der Waals surface area contributed by atoms with Crippen LogP contribution in [0.2, 0.25) is 0 Å². The molecule has 148 valence electrons. The average molecular weight is 402 g/mol. The third-order valence-corrected chi connectivity index (χ3v) is 4.96. The van der Waals surface area contributed by atoms with Crippen LogP contribution in [-0.4, -0.2) is 20.9 Å². The zero-order chi connectivity index (χ0) is 21.0. The summed E-state index contributed by atoms with van der Waals surface area (Å²) in [7, 11) is 0. The van der Waals surface area contributed by atoms with Crippen LogP contribution in [0.1, 0.15) is 10.4 Å². The highest BCUT2D eigenvalue weighted by Gasteiger charge is 2.14. The molecule has 1 N–H and O–H groups in total. The van der Waals surface area contributed by atoms with Gasteiger partial charge < -0.3 is 5.32 Å². The van der Waals surface area contributed by atoms with Gasteiger partial charge in [-0.1, -0.05) is 60.7 Å². The molecule has 0 radical (unpaired) electrons. The number of hydrogen-bond donors (Lipinski definition) is 1. The Morgan fingerprint density at radius 2 is 1.23 bits per heavy atom. The van der Waals surface area contributed by atoms with Crippen LogP contribution >= 0.6 is 0 Å². The third kappa shape index (κ3) is 3.89. The second kappa shape index (κ2) is 8.16. The molecule has 0 atom stereocenters. The first-order valence-electron chi connectivity index (χ1n) is 9.92. The molecule has 5 heteroatoms. The van der Waals surface area contributed by atoms with E-state index in [1.165, 1.54) is 0 Å². The predicted molar refractivity (Wildman–Crippen MR) is 123 cm³/mol. The van der Waals surface area contributed by atoms with Crippen LogP contribution in [0.25, 0.3) is 33.5 Å². The highest BCUT2D eigenvalue weighted by molar-refractivity contribution is 6.06. The van der Waals surface area contributed by atoms with E-state index in [4.69, 9.17) is 9.97 Å². The van der Waals surface area contributed by atoms with E-state index in [9.17, 15) is 4.79 Å². The molecule has 5 nitrogen and oxygen atoms in total. The van der Waals surface area contributed by atoms with Gasteiger partial charge in [0.2, 0.25) is 0 Å². The van der Waals surface area contributed by atoms with Gasteiger partial charge >= 0.3 is 0 Å². The van der Waals surface area contributed by atoms with Crippen LogP contribution in [0.15, 0.2) is 103 Å². The van der Waals surface area contributed by atoms with Crippen LogP contribution in [0.5, 0.6) is 0 Å². The SMILES string of the molecule is O=C(Nc1ccncc1)c1ccc2nc(-c3ccccc3)c(-c3ccccc3)nc2c1. The van der Waals surface area contributed by atoms with E-state index in [1.54, 1.807) is 36.7 Å². The van der Waals surface area contributed by atoms with Gasteiger partial charge in [-0.2, -0.15) is 0 Å². The summed E-state index contributed by atoms with van der Waals surface area (Å²) in [6.07, 6.45) is 3.28. The minimum atomic E-state index is -0.205. The summed E-state index contributed by atoms with van der Waals surface area (Å²) in [6, 6.07) is 28.9. The first-order chi connectivity index (χ1) is 15.3. The number of pyridine rings is 1. The highest BCUT2D eigenvalue weighted by atomic mass is 16.1. The van der Waals surface area contributed by atoms with Gasteiger partial charge in [0.25, 0.3) is 5.91 Å². The molecule has 3 aromatic carbocycles. The van der Waals surface area contributed by atoms with Gasteiger partial charge in [-0.3, -0.25) is 9.78 Å². The molecule has 0 aliphatic heterocycles. The maximum atomic E-state index is 12.7. The van der Waals surface area contributed by atoms with Gasteiger partial charge in [0.15, 0.2) is 0 Å². The molecule has 0 saturated carbocycles. The molecule has 0 fully saturated rings. The monoisotopic (exact) mass is 402 g/mol. The lowest BCUT2D eigenvalue weighted by atomic mass is 10.0. The van der Waals surface area contributed by atoms with Crippen LogP contribution in [0.4, 0.5) is 5.69 Å². The van der Waals surface area contributed by atoms with Crippen molar-refractivity contribution in [3.63, 3.8) is 0 Å². The van der Waals surface area contributed by atoms with Crippen molar-refractivity contribution in [1.82, 2.24) is 15.0 Å². The molecular formula is C26H18N4O. The Bertz CT molecular complexity index is 1350. The van der Waals surface area contributed by atoms with E-state index >= 15 is 0 Å². The molecule has 0 spiro atoms. The molecule has 0 unspecified atom stereocenters. The lowest BCUT2D eigenvalue weighted by Gasteiger charge is -2.11.